The molecule has 0 atom stereocenters. The predicted molar refractivity (Wildman–Crippen MR) is 125 cm³/mol. The highest BCUT2D eigenvalue weighted by Crippen LogP contribution is 2.27. The Hall–Kier alpha value is -2.52. The van der Waals surface area contributed by atoms with Crippen LogP contribution in [0.5, 0.6) is 5.75 Å². The summed E-state index contributed by atoms with van der Waals surface area (Å²) in [5.41, 5.74) is 2.43. The molecule has 0 fully saturated rings. The average molecular weight is 578 g/mol. The van der Waals surface area contributed by atoms with Gasteiger partial charge in [-0.2, -0.15) is 0 Å². The van der Waals surface area contributed by atoms with Gasteiger partial charge in [0.25, 0.3) is 0 Å². The van der Waals surface area contributed by atoms with Gasteiger partial charge in [-0.25, -0.2) is 14.2 Å². The minimum absolute atomic E-state index is 0.192. The second kappa shape index (κ2) is 9.09. The SMILES string of the molecule is O=C1OC(c2ccc(I)c(Br)c2)=NC1=Cc1ccccc1OCc1ccc(F)cc1. The molecule has 4 nitrogen and oxygen atoms in total. The summed E-state index contributed by atoms with van der Waals surface area (Å²) < 4.78 is 26.2. The monoisotopic (exact) mass is 577 g/mol. The fourth-order valence-electron chi connectivity index (χ4n) is 2.78. The number of ether oxygens (including phenoxy) is 2. The lowest BCUT2D eigenvalue weighted by Gasteiger charge is -2.09. The minimum atomic E-state index is -0.520. The van der Waals surface area contributed by atoms with Crippen molar-refractivity contribution in [2.24, 2.45) is 4.99 Å². The normalized spacial score (nSPS) is 14.6. The molecule has 150 valence electrons. The van der Waals surface area contributed by atoms with Gasteiger partial charge in [-0.1, -0.05) is 30.3 Å². The van der Waals surface area contributed by atoms with E-state index in [-0.39, 0.29) is 24.0 Å². The topological polar surface area (TPSA) is 47.9 Å². The van der Waals surface area contributed by atoms with Crippen molar-refractivity contribution in [3.8, 4) is 5.75 Å². The Bertz CT molecular complexity index is 1180. The number of aliphatic imine (C=N–C) groups is 1. The number of nitrogens with zero attached hydrogens (tertiary/aromatic N) is 1. The summed E-state index contributed by atoms with van der Waals surface area (Å²) in [6.07, 6.45) is 1.64. The summed E-state index contributed by atoms with van der Waals surface area (Å²) in [7, 11) is 0. The van der Waals surface area contributed by atoms with Crippen molar-refractivity contribution >= 4 is 56.5 Å². The molecule has 0 N–H and O–H groups in total. The first-order chi connectivity index (χ1) is 14.5. The lowest BCUT2D eigenvalue weighted by Crippen LogP contribution is -2.05. The molecule has 0 unspecified atom stereocenters. The molecular formula is C23H14BrFINO3. The van der Waals surface area contributed by atoms with E-state index in [4.69, 9.17) is 9.47 Å². The van der Waals surface area contributed by atoms with E-state index in [1.807, 2.05) is 36.4 Å². The molecule has 7 heteroatoms. The second-order valence-corrected chi connectivity index (χ2v) is 8.43. The summed E-state index contributed by atoms with van der Waals surface area (Å²) in [6.45, 7) is 0.274. The van der Waals surface area contributed by atoms with Gasteiger partial charge < -0.3 is 9.47 Å². The van der Waals surface area contributed by atoms with Crippen LogP contribution in [-0.4, -0.2) is 11.9 Å². The molecular weight excluding hydrogens is 564 g/mol. The zero-order valence-corrected chi connectivity index (χ0v) is 19.2. The molecule has 1 aliphatic heterocycles. The maximum atomic E-state index is 13.1. The molecule has 0 bridgehead atoms. The summed E-state index contributed by atoms with van der Waals surface area (Å²) in [6, 6.07) is 19.0. The van der Waals surface area contributed by atoms with Gasteiger partial charge in [-0.15, -0.1) is 0 Å². The van der Waals surface area contributed by atoms with Crippen LogP contribution in [0.15, 0.2) is 81.9 Å². The van der Waals surface area contributed by atoms with Gasteiger partial charge in [0.2, 0.25) is 5.90 Å². The molecule has 0 spiro atoms. The summed E-state index contributed by atoms with van der Waals surface area (Å²) >= 11 is 5.68. The number of hydrogen-bond acceptors (Lipinski definition) is 4. The van der Waals surface area contributed by atoms with Gasteiger partial charge in [0, 0.05) is 19.2 Å². The highest BCUT2D eigenvalue weighted by Gasteiger charge is 2.25. The third-order valence-electron chi connectivity index (χ3n) is 4.31. The molecule has 0 aromatic heterocycles. The van der Waals surface area contributed by atoms with Crippen LogP contribution in [0.4, 0.5) is 4.39 Å². The first-order valence-electron chi connectivity index (χ1n) is 8.94. The van der Waals surface area contributed by atoms with Crippen molar-refractivity contribution < 1.29 is 18.7 Å². The number of carbonyl (C=O) groups is 1. The number of benzene rings is 3. The number of cyclic esters (lactones) is 1. The zero-order chi connectivity index (χ0) is 21.1. The molecule has 0 saturated carbocycles. The molecule has 1 heterocycles. The standard InChI is InChI=1S/C23H14BrFINO3/c24-18-11-16(7-10-19(18)26)22-27-20(23(28)30-22)12-15-3-1-2-4-21(15)29-13-14-5-8-17(25)9-6-14/h1-12H,13H2. The molecule has 0 aliphatic carbocycles. The predicted octanol–water partition coefficient (Wildman–Crippen LogP) is 6.12. The van der Waals surface area contributed by atoms with Crippen LogP contribution in [-0.2, 0) is 16.1 Å². The minimum Gasteiger partial charge on any atom is -0.488 e. The van der Waals surface area contributed by atoms with Crippen molar-refractivity contribution in [2.45, 2.75) is 6.61 Å². The van der Waals surface area contributed by atoms with Gasteiger partial charge >= 0.3 is 5.97 Å². The smallest absolute Gasteiger partial charge is 0.363 e. The number of para-hydroxylation sites is 1. The molecule has 4 rings (SSSR count). The summed E-state index contributed by atoms with van der Waals surface area (Å²) in [5, 5.41) is 0. The Morgan fingerprint density at radius 1 is 1.10 bits per heavy atom. The van der Waals surface area contributed by atoms with Crippen molar-refractivity contribution in [1.82, 2.24) is 0 Å². The number of rotatable bonds is 5. The van der Waals surface area contributed by atoms with Crippen LogP contribution in [0.1, 0.15) is 16.7 Å². The van der Waals surface area contributed by atoms with Gasteiger partial charge in [-0.3, -0.25) is 0 Å². The Balaban J connectivity index is 1.58. The number of carbonyl (C=O) groups excluding carboxylic acids is 1. The van der Waals surface area contributed by atoms with E-state index >= 15 is 0 Å². The van der Waals surface area contributed by atoms with Gasteiger partial charge in [0.05, 0.1) is 0 Å². The number of esters is 1. The second-order valence-electron chi connectivity index (χ2n) is 6.42. The van der Waals surface area contributed by atoms with Crippen LogP contribution < -0.4 is 4.74 Å². The van der Waals surface area contributed by atoms with E-state index in [1.165, 1.54) is 12.1 Å². The quantitative estimate of drug-likeness (QED) is 0.209. The first kappa shape index (κ1) is 20.7. The Morgan fingerprint density at radius 3 is 2.63 bits per heavy atom. The first-order valence-corrected chi connectivity index (χ1v) is 10.8. The van der Waals surface area contributed by atoms with Crippen LogP contribution in [0.3, 0.4) is 0 Å². The van der Waals surface area contributed by atoms with Crippen molar-refractivity contribution in [3.05, 3.63) is 103 Å². The molecule has 3 aromatic rings. The molecule has 0 radical (unpaired) electrons. The van der Waals surface area contributed by atoms with Crippen LogP contribution in [0.25, 0.3) is 6.08 Å². The summed E-state index contributed by atoms with van der Waals surface area (Å²) in [4.78, 5) is 16.7. The Kier molecular flexibility index (Phi) is 6.29. The third kappa shape index (κ3) is 4.79. The van der Waals surface area contributed by atoms with Crippen LogP contribution >= 0.6 is 38.5 Å². The maximum Gasteiger partial charge on any atom is 0.363 e. The fourth-order valence-corrected chi connectivity index (χ4v) is 3.50. The molecule has 30 heavy (non-hydrogen) atoms. The Labute approximate surface area is 194 Å². The van der Waals surface area contributed by atoms with Crippen molar-refractivity contribution in [1.29, 1.82) is 0 Å². The molecule has 0 amide bonds. The Morgan fingerprint density at radius 2 is 1.87 bits per heavy atom. The number of halogens is 3. The van der Waals surface area contributed by atoms with E-state index < -0.39 is 5.97 Å². The number of hydrogen-bond donors (Lipinski definition) is 0. The van der Waals surface area contributed by atoms with E-state index in [2.05, 4.69) is 43.5 Å². The summed E-state index contributed by atoms with van der Waals surface area (Å²) in [5.74, 6) is 0.0290. The fraction of sp³-hybridized carbons (Fsp3) is 0.0435. The zero-order valence-electron chi connectivity index (χ0n) is 15.4. The average Bonchev–Trinajstić information content (AvgIpc) is 3.11. The molecule has 3 aromatic carbocycles. The van der Waals surface area contributed by atoms with E-state index in [0.717, 1.165) is 13.6 Å². The maximum absolute atomic E-state index is 13.1. The van der Waals surface area contributed by atoms with Gasteiger partial charge in [-0.05, 0) is 86.6 Å². The van der Waals surface area contributed by atoms with Crippen LogP contribution in [0, 0.1) is 9.39 Å². The van der Waals surface area contributed by atoms with Crippen LogP contribution in [0.2, 0.25) is 0 Å². The highest BCUT2D eigenvalue weighted by molar-refractivity contribution is 14.1. The lowest BCUT2D eigenvalue weighted by molar-refractivity contribution is -0.129. The van der Waals surface area contributed by atoms with E-state index in [0.29, 0.717) is 16.9 Å². The third-order valence-corrected chi connectivity index (χ3v) is 6.64. The highest BCUT2D eigenvalue weighted by atomic mass is 127. The van der Waals surface area contributed by atoms with Gasteiger partial charge in [0.15, 0.2) is 5.70 Å². The van der Waals surface area contributed by atoms with Crippen molar-refractivity contribution in [3.63, 3.8) is 0 Å². The molecule has 1 aliphatic rings. The van der Waals surface area contributed by atoms with Crippen molar-refractivity contribution in [2.75, 3.05) is 0 Å². The van der Waals surface area contributed by atoms with E-state index in [1.54, 1.807) is 24.3 Å². The lowest BCUT2D eigenvalue weighted by atomic mass is 10.1. The largest absolute Gasteiger partial charge is 0.488 e. The molecule has 0 saturated heterocycles. The van der Waals surface area contributed by atoms with E-state index in [9.17, 15) is 9.18 Å². The van der Waals surface area contributed by atoms with Gasteiger partial charge in [0.1, 0.15) is 18.2 Å².